The third-order valence-electron chi connectivity index (χ3n) is 5.90. The Morgan fingerprint density at radius 1 is 0.838 bits per heavy atom. The van der Waals surface area contributed by atoms with Gasteiger partial charge in [-0.25, -0.2) is 0 Å². The monoisotopic (exact) mass is 529 g/mol. The first-order chi connectivity index (χ1) is 18.0. The average Bonchev–Trinajstić information content (AvgIpc) is 3.16. The summed E-state index contributed by atoms with van der Waals surface area (Å²) < 4.78 is 11.9. The fraction of sp³-hybridized carbons (Fsp3) is 0.133. The number of hydrogen-bond acceptors (Lipinski definition) is 5. The number of halogens is 1. The second kappa shape index (κ2) is 11.1. The zero-order valence-corrected chi connectivity index (χ0v) is 21.7. The first-order valence-corrected chi connectivity index (χ1v) is 13.1. The number of carbonyl (C=O) groups excluding carboxylic acids is 2. The van der Waals surface area contributed by atoms with Crippen LogP contribution < -0.4 is 9.47 Å². The van der Waals surface area contributed by atoms with Gasteiger partial charge in [0.15, 0.2) is 11.5 Å². The number of imide groups is 1. The second-order valence-electron chi connectivity index (χ2n) is 8.50. The molecule has 1 fully saturated rings. The molecule has 37 heavy (non-hydrogen) atoms. The molecule has 0 spiro atoms. The van der Waals surface area contributed by atoms with Gasteiger partial charge in [0, 0.05) is 5.02 Å². The van der Waals surface area contributed by atoms with Crippen molar-refractivity contribution in [3.05, 3.63) is 112 Å². The van der Waals surface area contributed by atoms with E-state index in [1.807, 2.05) is 37.3 Å². The smallest absolute Gasteiger partial charge is 0.293 e. The van der Waals surface area contributed by atoms with Crippen molar-refractivity contribution in [1.82, 2.24) is 4.90 Å². The van der Waals surface area contributed by atoms with Gasteiger partial charge in [-0.05, 0) is 82.6 Å². The van der Waals surface area contributed by atoms with Crippen LogP contribution in [0.5, 0.6) is 11.5 Å². The Balaban J connectivity index is 1.31. The van der Waals surface area contributed by atoms with Crippen molar-refractivity contribution < 1.29 is 19.1 Å². The van der Waals surface area contributed by atoms with Gasteiger partial charge < -0.3 is 9.47 Å². The van der Waals surface area contributed by atoms with Crippen LogP contribution in [0.1, 0.15) is 23.6 Å². The van der Waals surface area contributed by atoms with Crippen LogP contribution in [0, 0.1) is 0 Å². The minimum Gasteiger partial charge on any atom is -0.490 e. The minimum absolute atomic E-state index is 0.199. The van der Waals surface area contributed by atoms with Crippen molar-refractivity contribution in [3.63, 3.8) is 0 Å². The molecule has 0 aromatic heterocycles. The van der Waals surface area contributed by atoms with Gasteiger partial charge in [-0.2, -0.15) is 0 Å². The lowest BCUT2D eigenvalue weighted by Crippen LogP contribution is -2.27. The summed E-state index contributed by atoms with van der Waals surface area (Å²) in [4.78, 5) is 27.1. The van der Waals surface area contributed by atoms with E-state index in [0.29, 0.717) is 34.6 Å². The number of fused-ring (bicyclic) bond motifs is 1. The van der Waals surface area contributed by atoms with Gasteiger partial charge in [0.05, 0.1) is 18.1 Å². The summed E-state index contributed by atoms with van der Waals surface area (Å²) in [5, 5.41) is 2.65. The van der Waals surface area contributed by atoms with Crippen molar-refractivity contribution in [2.75, 3.05) is 6.61 Å². The van der Waals surface area contributed by atoms with E-state index >= 15 is 0 Å². The first kappa shape index (κ1) is 24.9. The second-order valence-corrected chi connectivity index (χ2v) is 9.93. The quantitative estimate of drug-likeness (QED) is 0.219. The molecule has 1 heterocycles. The zero-order valence-electron chi connectivity index (χ0n) is 20.1. The molecule has 4 aromatic rings. The summed E-state index contributed by atoms with van der Waals surface area (Å²) in [6.45, 7) is 2.97. The Morgan fingerprint density at radius 2 is 1.59 bits per heavy atom. The molecule has 0 unspecified atom stereocenters. The Labute approximate surface area is 224 Å². The molecule has 1 aliphatic heterocycles. The predicted octanol–water partition coefficient (Wildman–Crippen LogP) is 7.71. The van der Waals surface area contributed by atoms with Gasteiger partial charge in [-0.1, -0.05) is 66.2 Å². The molecule has 186 valence electrons. The van der Waals surface area contributed by atoms with Crippen molar-refractivity contribution >= 4 is 51.4 Å². The molecule has 4 aromatic carbocycles. The Hall–Kier alpha value is -3.74. The fourth-order valence-electron chi connectivity index (χ4n) is 4.05. The van der Waals surface area contributed by atoms with Crippen molar-refractivity contribution in [2.45, 2.75) is 20.1 Å². The number of benzene rings is 4. The van der Waals surface area contributed by atoms with Gasteiger partial charge in [0.1, 0.15) is 6.61 Å². The van der Waals surface area contributed by atoms with E-state index in [0.717, 1.165) is 33.8 Å². The van der Waals surface area contributed by atoms with Gasteiger partial charge in [0.2, 0.25) is 0 Å². The number of hydrogen-bond donors (Lipinski definition) is 0. The molecule has 2 amide bonds. The lowest BCUT2D eigenvalue weighted by molar-refractivity contribution is -0.123. The summed E-state index contributed by atoms with van der Waals surface area (Å²) in [6, 6.07) is 27.1. The minimum atomic E-state index is -0.320. The molecule has 0 atom stereocenters. The largest absolute Gasteiger partial charge is 0.490 e. The topological polar surface area (TPSA) is 55.8 Å². The molecule has 0 saturated carbocycles. The molecule has 0 bridgehead atoms. The number of rotatable bonds is 8. The van der Waals surface area contributed by atoms with Crippen LogP contribution in [0.25, 0.3) is 16.8 Å². The highest BCUT2D eigenvalue weighted by atomic mass is 35.5. The molecular formula is C30H24ClNO4S. The van der Waals surface area contributed by atoms with Gasteiger partial charge in [-0.15, -0.1) is 0 Å². The normalized spacial score (nSPS) is 14.5. The summed E-state index contributed by atoms with van der Waals surface area (Å²) >= 11 is 6.87. The van der Waals surface area contributed by atoms with Gasteiger partial charge in [-0.3, -0.25) is 14.5 Å². The van der Waals surface area contributed by atoms with Crippen LogP contribution in [0.4, 0.5) is 4.79 Å². The standard InChI is InChI=1S/C30H24ClNO4S/c1-2-35-27-16-21(10-14-26(27)36-19-22-7-11-23-5-3-4-6-24(23)15-22)17-28-29(33)32(30(34)37-28)18-20-8-12-25(31)13-9-20/h3-17H,2,18-19H2,1H3/b28-17-. The molecule has 7 heteroatoms. The van der Waals surface area contributed by atoms with E-state index < -0.39 is 0 Å². The Kier molecular flexibility index (Phi) is 7.49. The highest BCUT2D eigenvalue weighted by Crippen LogP contribution is 2.36. The number of thioether (sulfide) groups is 1. The van der Waals surface area contributed by atoms with Crippen LogP contribution in [-0.4, -0.2) is 22.7 Å². The maximum atomic E-state index is 13.0. The van der Waals surface area contributed by atoms with E-state index in [2.05, 4.69) is 30.3 Å². The van der Waals surface area contributed by atoms with E-state index in [9.17, 15) is 9.59 Å². The highest BCUT2D eigenvalue weighted by Gasteiger charge is 2.35. The molecular weight excluding hydrogens is 506 g/mol. The number of amides is 2. The van der Waals surface area contributed by atoms with Crippen LogP contribution in [0.2, 0.25) is 5.02 Å². The van der Waals surface area contributed by atoms with Crippen LogP contribution >= 0.6 is 23.4 Å². The van der Waals surface area contributed by atoms with Crippen molar-refractivity contribution in [2.24, 2.45) is 0 Å². The van der Waals surface area contributed by atoms with Gasteiger partial charge in [0.25, 0.3) is 11.1 Å². The highest BCUT2D eigenvalue weighted by molar-refractivity contribution is 8.18. The number of carbonyl (C=O) groups is 2. The number of ether oxygens (including phenoxy) is 2. The Bertz CT molecular complexity index is 1500. The maximum absolute atomic E-state index is 13.0. The summed E-state index contributed by atoms with van der Waals surface area (Å²) in [5.41, 5.74) is 2.64. The summed E-state index contributed by atoms with van der Waals surface area (Å²) in [7, 11) is 0. The molecule has 0 aliphatic carbocycles. The average molecular weight is 530 g/mol. The molecule has 0 N–H and O–H groups in total. The van der Waals surface area contributed by atoms with Crippen molar-refractivity contribution in [3.8, 4) is 11.5 Å². The van der Waals surface area contributed by atoms with E-state index in [-0.39, 0.29) is 17.7 Å². The third kappa shape index (κ3) is 5.82. The molecule has 1 aliphatic rings. The molecule has 1 saturated heterocycles. The molecule has 5 nitrogen and oxygen atoms in total. The van der Waals surface area contributed by atoms with Crippen LogP contribution in [-0.2, 0) is 17.9 Å². The van der Waals surface area contributed by atoms with E-state index in [4.69, 9.17) is 21.1 Å². The molecule has 0 radical (unpaired) electrons. The van der Waals surface area contributed by atoms with Crippen LogP contribution in [0.3, 0.4) is 0 Å². The van der Waals surface area contributed by atoms with E-state index in [1.54, 1.807) is 30.3 Å². The summed E-state index contributed by atoms with van der Waals surface area (Å²) in [5.74, 6) is 0.875. The Morgan fingerprint density at radius 3 is 2.38 bits per heavy atom. The van der Waals surface area contributed by atoms with Crippen molar-refractivity contribution in [1.29, 1.82) is 0 Å². The third-order valence-corrected chi connectivity index (χ3v) is 7.06. The number of nitrogens with zero attached hydrogens (tertiary/aromatic N) is 1. The van der Waals surface area contributed by atoms with Gasteiger partial charge >= 0.3 is 0 Å². The summed E-state index contributed by atoms with van der Waals surface area (Å²) in [6.07, 6.45) is 1.71. The predicted molar refractivity (Wildman–Crippen MR) is 149 cm³/mol. The SMILES string of the molecule is CCOc1cc(/C=C2\SC(=O)N(Cc3ccc(Cl)cc3)C2=O)ccc1OCc1ccc2ccccc2c1. The zero-order chi connectivity index (χ0) is 25.8. The van der Waals surface area contributed by atoms with E-state index in [1.165, 1.54) is 10.3 Å². The molecule has 5 rings (SSSR count). The maximum Gasteiger partial charge on any atom is 0.293 e. The van der Waals surface area contributed by atoms with Crippen LogP contribution in [0.15, 0.2) is 89.8 Å². The fourth-order valence-corrected chi connectivity index (χ4v) is 5.02. The first-order valence-electron chi connectivity index (χ1n) is 11.9. The lowest BCUT2D eigenvalue weighted by Gasteiger charge is -2.13. The lowest BCUT2D eigenvalue weighted by atomic mass is 10.1.